The van der Waals surface area contributed by atoms with Crippen LogP contribution in [0.3, 0.4) is 0 Å². The largest absolute Gasteiger partial charge is 0.240 e. The van der Waals surface area contributed by atoms with Gasteiger partial charge in [0.15, 0.2) is 0 Å². The second-order valence-corrected chi connectivity index (χ2v) is 6.13. The molecule has 0 heterocycles. The zero-order chi connectivity index (χ0) is 13.0. The van der Waals surface area contributed by atoms with Crippen LogP contribution in [-0.2, 0) is 22.9 Å². The van der Waals surface area contributed by atoms with E-state index in [-0.39, 0.29) is 0 Å². The minimum absolute atomic E-state index is 0.361. The van der Waals surface area contributed by atoms with Crippen molar-refractivity contribution in [3.63, 3.8) is 0 Å². The molecule has 0 bridgehead atoms. The SMILES string of the molecule is CC#CCCNS(=O)(=O)c1ccc2c(c1)CCC2. The molecule has 1 aromatic rings. The molecule has 1 aromatic carbocycles. The first kappa shape index (κ1) is 13.1. The Morgan fingerprint density at radius 2 is 2.06 bits per heavy atom. The number of hydrogen-bond acceptors (Lipinski definition) is 2. The maximum Gasteiger partial charge on any atom is 0.240 e. The van der Waals surface area contributed by atoms with E-state index >= 15 is 0 Å². The molecule has 0 aromatic heterocycles. The molecule has 1 aliphatic rings. The Bertz CT molecular complexity index is 594. The Hall–Kier alpha value is -1.31. The third-order valence-electron chi connectivity index (χ3n) is 3.10. The molecule has 0 fully saturated rings. The predicted octanol–water partition coefficient (Wildman–Crippen LogP) is 1.87. The number of aryl methyl sites for hydroxylation is 2. The van der Waals surface area contributed by atoms with Crippen LogP contribution in [-0.4, -0.2) is 15.0 Å². The van der Waals surface area contributed by atoms with Crippen molar-refractivity contribution in [1.82, 2.24) is 4.72 Å². The van der Waals surface area contributed by atoms with Crippen molar-refractivity contribution in [3.05, 3.63) is 29.3 Å². The Morgan fingerprint density at radius 1 is 1.28 bits per heavy atom. The fraction of sp³-hybridized carbons (Fsp3) is 0.429. The van der Waals surface area contributed by atoms with Gasteiger partial charge in [-0.2, -0.15) is 0 Å². The Labute approximate surface area is 109 Å². The van der Waals surface area contributed by atoms with Crippen LogP contribution >= 0.6 is 0 Å². The van der Waals surface area contributed by atoms with Crippen molar-refractivity contribution in [3.8, 4) is 11.8 Å². The van der Waals surface area contributed by atoms with Crippen LogP contribution < -0.4 is 4.72 Å². The van der Waals surface area contributed by atoms with E-state index in [1.54, 1.807) is 19.1 Å². The molecule has 96 valence electrons. The molecule has 0 aliphatic heterocycles. The molecular formula is C14H17NO2S. The maximum atomic E-state index is 12.0. The Kier molecular flexibility index (Phi) is 4.05. The van der Waals surface area contributed by atoms with Gasteiger partial charge in [0.05, 0.1) is 4.90 Å². The summed E-state index contributed by atoms with van der Waals surface area (Å²) in [6.07, 6.45) is 3.72. The van der Waals surface area contributed by atoms with E-state index in [1.165, 1.54) is 11.1 Å². The standard InChI is InChI=1S/C14H17NO2S/c1-2-3-4-10-15-18(16,17)14-9-8-12-6-5-7-13(12)11-14/h8-9,11,15H,4-7,10H2,1H3. The molecule has 1 aliphatic carbocycles. The van der Waals surface area contributed by atoms with E-state index in [0.29, 0.717) is 17.9 Å². The lowest BCUT2D eigenvalue weighted by Crippen LogP contribution is -2.24. The molecule has 0 saturated carbocycles. The van der Waals surface area contributed by atoms with E-state index in [9.17, 15) is 8.42 Å². The lowest BCUT2D eigenvalue weighted by molar-refractivity contribution is 0.582. The fourth-order valence-corrected chi connectivity index (χ4v) is 3.25. The molecule has 0 unspecified atom stereocenters. The van der Waals surface area contributed by atoms with Gasteiger partial charge in [-0.25, -0.2) is 13.1 Å². The summed E-state index contributed by atoms with van der Waals surface area (Å²) in [4.78, 5) is 0.368. The van der Waals surface area contributed by atoms with Crippen LogP contribution in [0.15, 0.2) is 23.1 Å². The molecular weight excluding hydrogens is 246 g/mol. The fourth-order valence-electron chi connectivity index (χ4n) is 2.17. The molecule has 0 saturated heterocycles. The lowest BCUT2D eigenvalue weighted by Gasteiger charge is -2.07. The molecule has 1 N–H and O–H groups in total. The maximum absolute atomic E-state index is 12.0. The number of rotatable bonds is 4. The predicted molar refractivity (Wildman–Crippen MR) is 71.7 cm³/mol. The molecule has 18 heavy (non-hydrogen) atoms. The monoisotopic (exact) mass is 263 g/mol. The first-order valence-electron chi connectivity index (χ1n) is 6.14. The van der Waals surface area contributed by atoms with Gasteiger partial charge in [-0.05, 0) is 49.4 Å². The highest BCUT2D eigenvalue weighted by atomic mass is 32.2. The summed E-state index contributed by atoms with van der Waals surface area (Å²) in [5.41, 5.74) is 2.46. The quantitative estimate of drug-likeness (QED) is 0.666. The van der Waals surface area contributed by atoms with Gasteiger partial charge in [-0.3, -0.25) is 0 Å². The van der Waals surface area contributed by atoms with Crippen molar-refractivity contribution >= 4 is 10.0 Å². The molecule has 0 atom stereocenters. The van der Waals surface area contributed by atoms with Gasteiger partial charge in [-0.15, -0.1) is 11.8 Å². The second-order valence-electron chi connectivity index (χ2n) is 4.36. The Balaban J connectivity index is 2.11. The van der Waals surface area contributed by atoms with E-state index in [4.69, 9.17) is 0 Å². The van der Waals surface area contributed by atoms with Gasteiger partial charge in [0.2, 0.25) is 10.0 Å². The van der Waals surface area contributed by atoms with E-state index < -0.39 is 10.0 Å². The van der Waals surface area contributed by atoms with Crippen LogP contribution in [0.25, 0.3) is 0 Å². The first-order chi connectivity index (χ1) is 8.63. The van der Waals surface area contributed by atoms with Crippen molar-refractivity contribution < 1.29 is 8.42 Å². The summed E-state index contributed by atoms with van der Waals surface area (Å²) < 4.78 is 26.6. The van der Waals surface area contributed by atoms with E-state index in [0.717, 1.165) is 19.3 Å². The molecule has 4 heteroatoms. The number of benzene rings is 1. The summed E-state index contributed by atoms with van der Waals surface area (Å²) in [5, 5.41) is 0. The van der Waals surface area contributed by atoms with Crippen molar-refractivity contribution in [1.29, 1.82) is 0 Å². The van der Waals surface area contributed by atoms with Crippen LogP contribution in [0.2, 0.25) is 0 Å². The summed E-state index contributed by atoms with van der Waals surface area (Å²) in [7, 11) is -3.38. The van der Waals surface area contributed by atoms with Gasteiger partial charge in [0, 0.05) is 13.0 Å². The molecule has 2 rings (SSSR count). The van der Waals surface area contributed by atoms with Crippen LogP contribution in [0, 0.1) is 11.8 Å². The minimum Gasteiger partial charge on any atom is -0.210 e. The lowest BCUT2D eigenvalue weighted by atomic mass is 10.1. The summed E-state index contributed by atoms with van der Waals surface area (Å²) in [5.74, 6) is 5.58. The van der Waals surface area contributed by atoms with E-state index in [1.807, 2.05) is 6.07 Å². The Morgan fingerprint density at radius 3 is 2.83 bits per heavy atom. The molecule has 0 amide bonds. The number of hydrogen-bond donors (Lipinski definition) is 1. The zero-order valence-electron chi connectivity index (χ0n) is 10.5. The van der Waals surface area contributed by atoms with Crippen molar-refractivity contribution in [2.45, 2.75) is 37.5 Å². The van der Waals surface area contributed by atoms with Crippen molar-refractivity contribution in [2.24, 2.45) is 0 Å². The molecule has 3 nitrogen and oxygen atoms in total. The van der Waals surface area contributed by atoms with Crippen LogP contribution in [0.5, 0.6) is 0 Å². The molecule has 0 spiro atoms. The average molecular weight is 263 g/mol. The normalized spacial score (nSPS) is 13.8. The minimum atomic E-state index is -3.38. The number of fused-ring (bicyclic) bond motifs is 1. The summed E-state index contributed by atoms with van der Waals surface area (Å²) >= 11 is 0. The van der Waals surface area contributed by atoms with Gasteiger partial charge in [0.25, 0.3) is 0 Å². The highest BCUT2D eigenvalue weighted by molar-refractivity contribution is 7.89. The number of sulfonamides is 1. The summed E-state index contributed by atoms with van der Waals surface area (Å²) in [6, 6.07) is 5.43. The van der Waals surface area contributed by atoms with Crippen molar-refractivity contribution in [2.75, 3.05) is 6.54 Å². The highest BCUT2D eigenvalue weighted by Gasteiger charge is 2.17. The van der Waals surface area contributed by atoms with Crippen LogP contribution in [0.1, 0.15) is 30.9 Å². The third-order valence-corrected chi connectivity index (χ3v) is 4.56. The van der Waals surface area contributed by atoms with E-state index in [2.05, 4.69) is 16.6 Å². The average Bonchev–Trinajstić information content (AvgIpc) is 2.82. The molecule has 0 radical (unpaired) electrons. The van der Waals surface area contributed by atoms with Gasteiger partial charge >= 0.3 is 0 Å². The van der Waals surface area contributed by atoms with Gasteiger partial charge in [-0.1, -0.05) is 6.07 Å². The summed E-state index contributed by atoms with van der Waals surface area (Å²) in [6.45, 7) is 2.11. The topological polar surface area (TPSA) is 46.2 Å². The highest BCUT2D eigenvalue weighted by Crippen LogP contribution is 2.24. The van der Waals surface area contributed by atoms with Crippen LogP contribution in [0.4, 0.5) is 0 Å². The first-order valence-corrected chi connectivity index (χ1v) is 7.63. The third kappa shape index (κ3) is 2.92. The number of nitrogens with one attached hydrogen (secondary N) is 1. The smallest absolute Gasteiger partial charge is 0.210 e. The van der Waals surface area contributed by atoms with Gasteiger partial charge in [0.1, 0.15) is 0 Å². The zero-order valence-corrected chi connectivity index (χ0v) is 11.3. The van der Waals surface area contributed by atoms with Gasteiger partial charge < -0.3 is 0 Å². The second kappa shape index (κ2) is 5.55.